The number of hydrogen-bond acceptors (Lipinski definition) is 4. The molecule has 0 saturated heterocycles. The van der Waals surface area contributed by atoms with E-state index in [4.69, 9.17) is 0 Å². The number of sulfonamides is 1. The third kappa shape index (κ3) is 4.65. The largest absolute Gasteiger partial charge is 0.323 e. The van der Waals surface area contributed by atoms with Crippen molar-refractivity contribution in [3.05, 3.63) is 95.8 Å². The first-order valence-electron chi connectivity index (χ1n) is 11.2. The van der Waals surface area contributed by atoms with Crippen molar-refractivity contribution in [3.63, 3.8) is 0 Å². The minimum Gasteiger partial charge on any atom is -0.323 e. The summed E-state index contributed by atoms with van der Waals surface area (Å²) in [4.78, 5) is 26.9. The van der Waals surface area contributed by atoms with E-state index >= 15 is 0 Å². The van der Waals surface area contributed by atoms with Crippen LogP contribution in [0.5, 0.6) is 0 Å². The van der Waals surface area contributed by atoms with Crippen LogP contribution in [0.15, 0.2) is 78.9 Å². The predicted molar refractivity (Wildman–Crippen MR) is 138 cm³/mol. The molecule has 0 spiro atoms. The Morgan fingerprint density at radius 2 is 1.72 bits per heavy atom. The Labute approximate surface area is 207 Å². The second-order valence-electron chi connectivity index (χ2n) is 8.61. The van der Waals surface area contributed by atoms with E-state index in [0.717, 1.165) is 10.8 Å². The second-order valence-corrected chi connectivity index (χ2v) is 10.3. The lowest BCUT2D eigenvalue weighted by Gasteiger charge is -2.23. The van der Waals surface area contributed by atoms with Crippen molar-refractivity contribution in [1.29, 1.82) is 0 Å². The van der Waals surface area contributed by atoms with Gasteiger partial charge in [-0.15, -0.1) is 0 Å². The maximum Gasteiger partial charge on any atom is 0.241 e. The van der Waals surface area contributed by atoms with Crippen molar-refractivity contribution in [2.45, 2.75) is 19.1 Å². The van der Waals surface area contributed by atoms with Crippen LogP contribution in [-0.4, -0.2) is 20.2 Å². The van der Waals surface area contributed by atoms with Gasteiger partial charge in [-0.3, -0.25) is 19.2 Å². The molecule has 0 fully saturated rings. The number of hydrogen-bond donors (Lipinski definition) is 2. The lowest BCUT2D eigenvalue weighted by molar-refractivity contribution is -0.124. The van der Waals surface area contributed by atoms with Gasteiger partial charge in [-0.2, -0.15) is 0 Å². The van der Waals surface area contributed by atoms with Gasteiger partial charge in [0.2, 0.25) is 21.8 Å². The lowest BCUT2D eigenvalue weighted by Crippen LogP contribution is -2.26. The van der Waals surface area contributed by atoms with Crippen LogP contribution in [0.3, 0.4) is 0 Å². The number of aryl methyl sites for hydroxylation is 1. The molecule has 0 aromatic heterocycles. The summed E-state index contributed by atoms with van der Waals surface area (Å²) in [5.74, 6) is -1.53. The van der Waals surface area contributed by atoms with E-state index in [1.165, 1.54) is 23.1 Å². The van der Waals surface area contributed by atoms with Crippen LogP contribution in [0.25, 0.3) is 10.8 Å². The van der Waals surface area contributed by atoms with Crippen molar-refractivity contribution in [3.8, 4) is 0 Å². The van der Waals surface area contributed by atoms with Crippen molar-refractivity contribution in [2.24, 2.45) is 0 Å². The number of carbonyl (C=O) groups is 2. The number of nitrogens with zero attached hydrogens (tertiary/aromatic N) is 1. The number of benzene rings is 4. The molecule has 1 aliphatic heterocycles. The predicted octanol–water partition coefficient (Wildman–Crippen LogP) is 5.24. The smallest absolute Gasteiger partial charge is 0.241 e. The van der Waals surface area contributed by atoms with Gasteiger partial charge < -0.3 is 5.32 Å². The van der Waals surface area contributed by atoms with Crippen LogP contribution in [0.2, 0.25) is 0 Å². The number of anilines is 4. The zero-order chi connectivity index (χ0) is 25.4. The molecule has 0 radical (unpaired) electrons. The SMILES string of the molecule is Cc1cc(F)ccc1CS(=O)(=O)Nc1ccc(N2C(=O)CC(=O)Nc3c2ccc2ccccc32)cc1. The molecular formula is C27H22FN3O4S. The molecule has 182 valence electrons. The number of rotatable bonds is 5. The third-order valence-electron chi connectivity index (χ3n) is 6.02. The molecule has 2 amide bonds. The first kappa shape index (κ1) is 23.5. The zero-order valence-corrected chi connectivity index (χ0v) is 20.1. The first-order chi connectivity index (χ1) is 17.2. The average molecular weight is 504 g/mol. The highest BCUT2D eigenvalue weighted by molar-refractivity contribution is 7.91. The molecule has 4 aromatic rings. The van der Waals surface area contributed by atoms with E-state index in [1.807, 2.05) is 30.3 Å². The summed E-state index contributed by atoms with van der Waals surface area (Å²) in [7, 11) is -3.77. The van der Waals surface area contributed by atoms with E-state index in [1.54, 1.807) is 37.3 Å². The summed E-state index contributed by atoms with van der Waals surface area (Å²) in [5, 5.41) is 4.58. The molecule has 5 rings (SSSR count). The quantitative estimate of drug-likeness (QED) is 0.364. The van der Waals surface area contributed by atoms with E-state index in [9.17, 15) is 22.4 Å². The zero-order valence-electron chi connectivity index (χ0n) is 19.3. The fraction of sp³-hybridized carbons (Fsp3) is 0.111. The molecule has 9 heteroatoms. The Bertz CT molecular complexity index is 1620. The normalized spacial score (nSPS) is 13.8. The summed E-state index contributed by atoms with van der Waals surface area (Å²) >= 11 is 0. The van der Waals surface area contributed by atoms with Gasteiger partial charge in [-0.25, -0.2) is 12.8 Å². The van der Waals surface area contributed by atoms with Crippen LogP contribution >= 0.6 is 0 Å². The van der Waals surface area contributed by atoms with Crippen LogP contribution in [-0.2, 0) is 25.4 Å². The van der Waals surface area contributed by atoms with Crippen molar-refractivity contribution in [1.82, 2.24) is 0 Å². The Morgan fingerprint density at radius 3 is 2.47 bits per heavy atom. The standard InChI is InChI=1S/C27H22FN3O4S/c1-17-14-20(28)8-6-19(17)16-36(34,35)30-21-9-11-22(12-10-21)31-24-13-7-18-4-2-3-5-23(18)27(24)29-25(32)15-26(31)33/h2-14,30H,15-16H2,1H3,(H,29,32). The van der Waals surface area contributed by atoms with Crippen LogP contribution in [0.4, 0.5) is 27.1 Å². The minimum atomic E-state index is -3.77. The Hall–Kier alpha value is -4.24. The molecule has 4 aromatic carbocycles. The number of carbonyl (C=O) groups excluding carboxylic acids is 2. The highest BCUT2D eigenvalue weighted by atomic mass is 32.2. The molecular weight excluding hydrogens is 481 g/mol. The number of nitrogens with one attached hydrogen (secondary N) is 2. The summed E-state index contributed by atoms with van der Waals surface area (Å²) in [6.07, 6.45) is -0.325. The lowest BCUT2D eigenvalue weighted by atomic mass is 10.1. The fourth-order valence-corrected chi connectivity index (χ4v) is 5.62. The van der Waals surface area contributed by atoms with Crippen LogP contribution in [0.1, 0.15) is 17.5 Å². The van der Waals surface area contributed by atoms with Crippen molar-refractivity contribution >= 4 is 55.4 Å². The van der Waals surface area contributed by atoms with Gasteiger partial charge >= 0.3 is 0 Å². The molecule has 1 aliphatic rings. The summed E-state index contributed by atoms with van der Waals surface area (Å²) in [6, 6.07) is 21.5. The van der Waals surface area contributed by atoms with Gasteiger partial charge in [0.25, 0.3) is 0 Å². The maximum absolute atomic E-state index is 13.3. The van der Waals surface area contributed by atoms with E-state index in [0.29, 0.717) is 33.9 Å². The molecule has 7 nitrogen and oxygen atoms in total. The molecule has 0 atom stereocenters. The molecule has 0 bridgehead atoms. The molecule has 36 heavy (non-hydrogen) atoms. The van der Waals surface area contributed by atoms with Crippen molar-refractivity contribution < 1.29 is 22.4 Å². The topological polar surface area (TPSA) is 95.6 Å². The molecule has 1 heterocycles. The molecule has 0 unspecified atom stereocenters. The van der Waals surface area contributed by atoms with Crippen LogP contribution < -0.4 is 14.9 Å². The third-order valence-corrected chi connectivity index (χ3v) is 7.26. The van der Waals surface area contributed by atoms with E-state index in [-0.39, 0.29) is 12.2 Å². The van der Waals surface area contributed by atoms with Gasteiger partial charge in [-0.05, 0) is 65.9 Å². The van der Waals surface area contributed by atoms with Crippen LogP contribution in [0, 0.1) is 12.7 Å². The fourth-order valence-electron chi connectivity index (χ4n) is 4.32. The number of amides is 2. The Balaban J connectivity index is 1.44. The first-order valence-corrected chi connectivity index (χ1v) is 12.9. The molecule has 0 saturated carbocycles. The minimum absolute atomic E-state index is 0.306. The molecule has 0 aliphatic carbocycles. The van der Waals surface area contributed by atoms with Gasteiger partial charge in [0, 0.05) is 16.8 Å². The highest BCUT2D eigenvalue weighted by Crippen LogP contribution is 2.40. The average Bonchev–Trinajstić information content (AvgIpc) is 2.96. The number of halogens is 1. The maximum atomic E-state index is 13.3. The van der Waals surface area contributed by atoms with Gasteiger partial charge in [-0.1, -0.05) is 36.4 Å². The Morgan fingerprint density at radius 1 is 0.972 bits per heavy atom. The van der Waals surface area contributed by atoms with E-state index in [2.05, 4.69) is 10.0 Å². The monoisotopic (exact) mass is 503 g/mol. The number of fused-ring (bicyclic) bond motifs is 3. The highest BCUT2D eigenvalue weighted by Gasteiger charge is 2.28. The van der Waals surface area contributed by atoms with Gasteiger partial charge in [0.05, 0.1) is 17.1 Å². The summed E-state index contributed by atoms with van der Waals surface area (Å²) < 4.78 is 41.3. The second kappa shape index (κ2) is 9.09. The Kier molecular flexibility index (Phi) is 5.93. The van der Waals surface area contributed by atoms with Gasteiger partial charge in [0.15, 0.2) is 0 Å². The summed E-state index contributed by atoms with van der Waals surface area (Å²) in [5.41, 5.74) is 2.92. The summed E-state index contributed by atoms with van der Waals surface area (Å²) in [6.45, 7) is 1.65. The van der Waals surface area contributed by atoms with Crippen molar-refractivity contribution in [2.75, 3.05) is 14.9 Å². The molecule has 2 N–H and O–H groups in total. The van der Waals surface area contributed by atoms with E-state index < -0.39 is 27.7 Å². The van der Waals surface area contributed by atoms with Gasteiger partial charge in [0.1, 0.15) is 12.2 Å².